The number of nitrogens with zero attached hydrogens (tertiary/aromatic N) is 1. The van der Waals surface area contributed by atoms with Crippen molar-refractivity contribution in [2.24, 2.45) is 10.9 Å². The monoisotopic (exact) mass is 403 g/mol. The van der Waals surface area contributed by atoms with Gasteiger partial charge in [-0.25, -0.2) is 0 Å². The standard InChI is InChI=1S/C23H37N3O3/c1-24-23(25-12-6-13-27-17-20-11-14-28-18-20)26-16-19-7-5-10-22(15-19)29-21-8-3-2-4-9-21/h5,7,10,15,20-21H,2-4,6,8-9,11-14,16-18H2,1H3,(H2,24,25,26). The zero-order valence-corrected chi connectivity index (χ0v) is 17.8. The number of benzene rings is 1. The molecule has 1 heterocycles. The van der Waals surface area contributed by atoms with E-state index < -0.39 is 0 Å². The third-order valence-electron chi connectivity index (χ3n) is 5.57. The van der Waals surface area contributed by atoms with Crippen molar-refractivity contribution in [3.63, 3.8) is 0 Å². The maximum atomic E-state index is 6.17. The van der Waals surface area contributed by atoms with Crippen LogP contribution in [-0.2, 0) is 16.0 Å². The highest BCUT2D eigenvalue weighted by molar-refractivity contribution is 5.79. The van der Waals surface area contributed by atoms with Crippen LogP contribution in [0.15, 0.2) is 29.3 Å². The maximum Gasteiger partial charge on any atom is 0.191 e. The summed E-state index contributed by atoms with van der Waals surface area (Å²) in [6.45, 7) is 4.87. The van der Waals surface area contributed by atoms with Crippen molar-refractivity contribution >= 4 is 5.96 Å². The van der Waals surface area contributed by atoms with Crippen molar-refractivity contribution in [2.45, 2.75) is 57.6 Å². The normalized spacial score (nSPS) is 20.6. The molecule has 0 amide bonds. The summed E-state index contributed by atoms with van der Waals surface area (Å²) in [7, 11) is 1.80. The van der Waals surface area contributed by atoms with Crippen LogP contribution in [0.3, 0.4) is 0 Å². The number of hydrogen-bond acceptors (Lipinski definition) is 4. The minimum Gasteiger partial charge on any atom is -0.490 e. The molecule has 1 aliphatic heterocycles. The first-order valence-corrected chi connectivity index (χ1v) is 11.2. The molecule has 1 aromatic carbocycles. The summed E-state index contributed by atoms with van der Waals surface area (Å²) in [5, 5.41) is 6.73. The molecule has 6 nitrogen and oxygen atoms in total. The van der Waals surface area contributed by atoms with Crippen LogP contribution in [0.2, 0.25) is 0 Å². The van der Waals surface area contributed by atoms with Gasteiger partial charge >= 0.3 is 0 Å². The average Bonchev–Trinajstić information content (AvgIpc) is 3.27. The highest BCUT2D eigenvalue weighted by atomic mass is 16.5. The summed E-state index contributed by atoms with van der Waals surface area (Å²) in [6, 6.07) is 8.38. The SMILES string of the molecule is CN=C(NCCCOCC1CCOC1)NCc1cccc(OC2CCCCC2)c1. The zero-order chi connectivity index (χ0) is 20.2. The molecule has 162 valence electrons. The number of aliphatic imine (C=N–C) groups is 1. The average molecular weight is 404 g/mol. The molecule has 1 aliphatic carbocycles. The van der Waals surface area contributed by atoms with Gasteiger partial charge in [0.15, 0.2) is 5.96 Å². The lowest BCUT2D eigenvalue weighted by atomic mass is 9.98. The third-order valence-corrected chi connectivity index (χ3v) is 5.57. The Labute approximate surface area is 175 Å². The molecule has 0 aromatic heterocycles. The fourth-order valence-electron chi connectivity index (χ4n) is 3.86. The lowest BCUT2D eigenvalue weighted by Crippen LogP contribution is -2.37. The molecule has 0 radical (unpaired) electrons. The quantitative estimate of drug-likeness (QED) is 0.356. The summed E-state index contributed by atoms with van der Waals surface area (Å²) in [6.07, 6.45) is 8.74. The van der Waals surface area contributed by atoms with E-state index in [4.69, 9.17) is 14.2 Å². The number of ether oxygens (including phenoxy) is 3. The van der Waals surface area contributed by atoms with E-state index in [1.165, 1.54) is 37.7 Å². The molecule has 1 unspecified atom stereocenters. The predicted octanol–water partition coefficient (Wildman–Crippen LogP) is 3.51. The van der Waals surface area contributed by atoms with Gasteiger partial charge in [0, 0.05) is 39.3 Å². The highest BCUT2D eigenvalue weighted by Gasteiger charge is 2.16. The number of hydrogen-bond donors (Lipinski definition) is 2. The molecule has 2 fully saturated rings. The van der Waals surface area contributed by atoms with Crippen LogP contribution in [0, 0.1) is 5.92 Å². The molecule has 0 spiro atoms. The molecule has 1 saturated heterocycles. The fourth-order valence-corrected chi connectivity index (χ4v) is 3.86. The first-order chi connectivity index (χ1) is 14.3. The molecule has 6 heteroatoms. The smallest absolute Gasteiger partial charge is 0.191 e. The van der Waals surface area contributed by atoms with Gasteiger partial charge in [-0.1, -0.05) is 18.6 Å². The Morgan fingerprint density at radius 1 is 1.17 bits per heavy atom. The minimum absolute atomic E-state index is 0.379. The topological polar surface area (TPSA) is 64.1 Å². The summed E-state index contributed by atoms with van der Waals surface area (Å²) >= 11 is 0. The maximum absolute atomic E-state index is 6.17. The predicted molar refractivity (Wildman–Crippen MR) is 117 cm³/mol. The molecule has 1 aromatic rings. The first-order valence-electron chi connectivity index (χ1n) is 11.2. The van der Waals surface area contributed by atoms with E-state index in [1.54, 1.807) is 7.05 Å². The van der Waals surface area contributed by atoms with Gasteiger partial charge < -0.3 is 24.8 Å². The van der Waals surface area contributed by atoms with Crippen LogP contribution in [0.25, 0.3) is 0 Å². The lowest BCUT2D eigenvalue weighted by molar-refractivity contribution is 0.0888. The van der Waals surface area contributed by atoms with Gasteiger partial charge in [0.1, 0.15) is 5.75 Å². The van der Waals surface area contributed by atoms with Crippen molar-refractivity contribution in [3.8, 4) is 5.75 Å². The molecule has 2 aliphatic rings. The van der Waals surface area contributed by atoms with E-state index in [0.717, 1.165) is 64.1 Å². The summed E-state index contributed by atoms with van der Waals surface area (Å²) in [4.78, 5) is 4.31. The lowest BCUT2D eigenvalue weighted by Gasteiger charge is -2.23. The molecule has 1 atom stereocenters. The van der Waals surface area contributed by atoms with E-state index >= 15 is 0 Å². The Bertz CT molecular complexity index is 611. The van der Waals surface area contributed by atoms with Gasteiger partial charge in [-0.2, -0.15) is 0 Å². The van der Waals surface area contributed by atoms with Gasteiger partial charge in [-0.05, 0) is 56.2 Å². The molecular formula is C23H37N3O3. The van der Waals surface area contributed by atoms with Crippen molar-refractivity contribution in [2.75, 3.05) is 40.0 Å². The molecule has 0 bridgehead atoms. The highest BCUT2D eigenvalue weighted by Crippen LogP contribution is 2.23. The van der Waals surface area contributed by atoms with Gasteiger partial charge in [0.2, 0.25) is 0 Å². The van der Waals surface area contributed by atoms with Crippen LogP contribution in [0.5, 0.6) is 5.75 Å². The number of guanidine groups is 1. The second-order valence-corrected chi connectivity index (χ2v) is 8.04. The van der Waals surface area contributed by atoms with Crippen LogP contribution < -0.4 is 15.4 Å². The van der Waals surface area contributed by atoms with E-state index in [-0.39, 0.29) is 0 Å². The van der Waals surface area contributed by atoms with Crippen LogP contribution in [0.4, 0.5) is 0 Å². The second-order valence-electron chi connectivity index (χ2n) is 8.04. The summed E-state index contributed by atoms with van der Waals surface area (Å²) in [5.74, 6) is 2.37. The number of nitrogens with one attached hydrogen (secondary N) is 2. The molecule has 1 saturated carbocycles. The molecular weight excluding hydrogens is 366 g/mol. The van der Waals surface area contributed by atoms with E-state index in [0.29, 0.717) is 12.0 Å². The zero-order valence-electron chi connectivity index (χ0n) is 17.8. The van der Waals surface area contributed by atoms with Gasteiger partial charge in [0.25, 0.3) is 0 Å². The van der Waals surface area contributed by atoms with Crippen molar-refractivity contribution in [3.05, 3.63) is 29.8 Å². The Kier molecular flexibility index (Phi) is 9.60. The van der Waals surface area contributed by atoms with Gasteiger partial charge in [0.05, 0.1) is 19.3 Å². The summed E-state index contributed by atoms with van der Waals surface area (Å²) < 4.78 is 17.3. The molecule has 3 rings (SSSR count). The third kappa shape index (κ3) is 8.23. The van der Waals surface area contributed by atoms with Crippen LogP contribution >= 0.6 is 0 Å². The van der Waals surface area contributed by atoms with E-state index in [1.807, 2.05) is 0 Å². The van der Waals surface area contributed by atoms with Gasteiger partial charge in [-0.15, -0.1) is 0 Å². The Balaban J connectivity index is 1.30. The fraction of sp³-hybridized carbons (Fsp3) is 0.696. The Hall–Kier alpha value is -1.79. The first kappa shape index (κ1) is 21.9. The van der Waals surface area contributed by atoms with Crippen molar-refractivity contribution in [1.29, 1.82) is 0 Å². The Morgan fingerprint density at radius 3 is 2.86 bits per heavy atom. The summed E-state index contributed by atoms with van der Waals surface area (Å²) in [5.41, 5.74) is 1.20. The largest absolute Gasteiger partial charge is 0.490 e. The number of rotatable bonds is 10. The van der Waals surface area contributed by atoms with Crippen LogP contribution in [0.1, 0.15) is 50.5 Å². The van der Waals surface area contributed by atoms with Gasteiger partial charge in [-0.3, -0.25) is 4.99 Å². The van der Waals surface area contributed by atoms with Crippen LogP contribution in [-0.4, -0.2) is 52.1 Å². The molecule has 29 heavy (non-hydrogen) atoms. The van der Waals surface area contributed by atoms with E-state index in [9.17, 15) is 0 Å². The van der Waals surface area contributed by atoms with Crippen molar-refractivity contribution < 1.29 is 14.2 Å². The van der Waals surface area contributed by atoms with Crippen molar-refractivity contribution in [1.82, 2.24) is 10.6 Å². The minimum atomic E-state index is 0.379. The molecule has 2 N–H and O–H groups in total. The van der Waals surface area contributed by atoms with E-state index in [2.05, 4.69) is 39.9 Å². The second kappa shape index (κ2) is 12.7. The Morgan fingerprint density at radius 2 is 2.07 bits per heavy atom.